The third kappa shape index (κ3) is 5.70. The van der Waals surface area contributed by atoms with Crippen molar-refractivity contribution in [2.24, 2.45) is 5.92 Å². The number of rotatable bonds is 7. The van der Waals surface area contributed by atoms with E-state index >= 15 is 0 Å². The molecule has 2 rings (SSSR count). The Morgan fingerprint density at radius 1 is 1.10 bits per heavy atom. The molecule has 1 aromatic carbocycles. The van der Waals surface area contributed by atoms with Gasteiger partial charge in [-0.15, -0.1) is 0 Å². The fourth-order valence-corrected chi connectivity index (χ4v) is 3.18. The maximum atomic E-state index is 5.62. The molecule has 1 N–H and O–H groups in total. The van der Waals surface area contributed by atoms with E-state index < -0.39 is 0 Å². The number of benzene rings is 1. The van der Waals surface area contributed by atoms with Crippen LogP contribution in [0.2, 0.25) is 0 Å². The third-order valence-electron chi connectivity index (χ3n) is 4.63. The highest BCUT2D eigenvalue weighted by atomic mass is 16.5. The van der Waals surface area contributed by atoms with Crippen molar-refractivity contribution in [1.82, 2.24) is 5.32 Å². The lowest BCUT2D eigenvalue weighted by Gasteiger charge is -2.23. The second-order valence-electron chi connectivity index (χ2n) is 6.41. The first-order chi connectivity index (χ1) is 10.3. The van der Waals surface area contributed by atoms with E-state index in [2.05, 4.69) is 43.4 Å². The van der Waals surface area contributed by atoms with Crippen LogP contribution in [0.4, 0.5) is 0 Å². The Balaban J connectivity index is 1.76. The normalized spacial score (nSPS) is 18.2. The molecule has 21 heavy (non-hydrogen) atoms. The summed E-state index contributed by atoms with van der Waals surface area (Å²) in [6.07, 6.45) is 9.56. The molecule has 2 heteroatoms. The first-order valence-electron chi connectivity index (χ1n) is 8.74. The van der Waals surface area contributed by atoms with Crippen LogP contribution in [-0.4, -0.2) is 12.6 Å². The monoisotopic (exact) mass is 289 g/mol. The van der Waals surface area contributed by atoms with Gasteiger partial charge in [-0.1, -0.05) is 44.7 Å². The van der Waals surface area contributed by atoms with Crippen LogP contribution in [0.3, 0.4) is 0 Å². The molecule has 0 radical (unpaired) electrons. The average Bonchev–Trinajstić information content (AvgIpc) is 2.81. The molecule has 1 fully saturated rings. The van der Waals surface area contributed by atoms with Crippen LogP contribution in [0.5, 0.6) is 5.75 Å². The van der Waals surface area contributed by atoms with Crippen molar-refractivity contribution in [1.29, 1.82) is 0 Å². The van der Waals surface area contributed by atoms with Gasteiger partial charge in [0.15, 0.2) is 0 Å². The van der Waals surface area contributed by atoms with Gasteiger partial charge in [-0.25, -0.2) is 0 Å². The lowest BCUT2D eigenvalue weighted by molar-refractivity contribution is 0.317. The highest BCUT2D eigenvalue weighted by Crippen LogP contribution is 2.25. The maximum Gasteiger partial charge on any atom is 0.119 e. The molecule has 1 aliphatic rings. The quantitative estimate of drug-likeness (QED) is 0.719. The molecule has 1 aliphatic carbocycles. The van der Waals surface area contributed by atoms with Crippen LogP contribution in [0.15, 0.2) is 24.3 Å². The van der Waals surface area contributed by atoms with Crippen LogP contribution in [0.1, 0.15) is 64.4 Å². The standard InChI is InChI=1S/C19H31NO/c1-3-14-21-19-12-10-17(11-13-19)15-20-16(2)18-8-6-4-5-7-9-18/h10-13,16,18,20H,3-9,14-15H2,1-2H3/t16-/m0/s1. The summed E-state index contributed by atoms with van der Waals surface area (Å²) in [4.78, 5) is 0. The molecule has 1 atom stereocenters. The Morgan fingerprint density at radius 3 is 2.38 bits per heavy atom. The summed E-state index contributed by atoms with van der Waals surface area (Å²) in [5.41, 5.74) is 1.35. The largest absolute Gasteiger partial charge is 0.494 e. The Morgan fingerprint density at radius 2 is 1.76 bits per heavy atom. The van der Waals surface area contributed by atoms with Crippen molar-refractivity contribution in [2.45, 2.75) is 71.4 Å². The topological polar surface area (TPSA) is 21.3 Å². The molecule has 0 aromatic heterocycles. The average molecular weight is 289 g/mol. The molecule has 0 heterocycles. The van der Waals surface area contributed by atoms with E-state index in [0.717, 1.165) is 31.2 Å². The summed E-state index contributed by atoms with van der Waals surface area (Å²) in [5.74, 6) is 1.84. The van der Waals surface area contributed by atoms with Crippen molar-refractivity contribution >= 4 is 0 Å². The zero-order valence-corrected chi connectivity index (χ0v) is 13.7. The lowest BCUT2D eigenvalue weighted by Crippen LogP contribution is -2.32. The van der Waals surface area contributed by atoms with E-state index in [4.69, 9.17) is 4.74 Å². The predicted molar refractivity (Wildman–Crippen MR) is 89.7 cm³/mol. The fourth-order valence-electron chi connectivity index (χ4n) is 3.18. The third-order valence-corrected chi connectivity index (χ3v) is 4.63. The summed E-state index contributed by atoms with van der Waals surface area (Å²) < 4.78 is 5.62. The summed E-state index contributed by atoms with van der Waals surface area (Å²) in [6.45, 7) is 6.25. The van der Waals surface area contributed by atoms with Gasteiger partial charge in [0.2, 0.25) is 0 Å². The van der Waals surface area contributed by atoms with Gasteiger partial charge >= 0.3 is 0 Å². The van der Waals surface area contributed by atoms with Crippen LogP contribution < -0.4 is 10.1 Å². The minimum absolute atomic E-state index is 0.624. The van der Waals surface area contributed by atoms with Crippen molar-refractivity contribution in [3.63, 3.8) is 0 Å². The first kappa shape index (κ1) is 16.4. The van der Waals surface area contributed by atoms with Gasteiger partial charge in [0.1, 0.15) is 5.75 Å². The molecule has 0 unspecified atom stereocenters. The van der Waals surface area contributed by atoms with Gasteiger partial charge in [-0.05, 0) is 49.8 Å². The molecule has 0 spiro atoms. The van der Waals surface area contributed by atoms with Crippen LogP contribution >= 0.6 is 0 Å². The lowest BCUT2D eigenvalue weighted by atomic mass is 9.93. The van der Waals surface area contributed by atoms with Crippen molar-refractivity contribution in [3.05, 3.63) is 29.8 Å². The van der Waals surface area contributed by atoms with E-state index in [0.29, 0.717) is 6.04 Å². The Labute approximate surface area is 130 Å². The highest BCUT2D eigenvalue weighted by Gasteiger charge is 2.18. The van der Waals surface area contributed by atoms with Gasteiger partial charge in [-0.2, -0.15) is 0 Å². The van der Waals surface area contributed by atoms with Crippen molar-refractivity contribution in [3.8, 4) is 5.75 Å². The van der Waals surface area contributed by atoms with Gasteiger partial charge in [0, 0.05) is 12.6 Å². The molecule has 118 valence electrons. The molecular weight excluding hydrogens is 258 g/mol. The van der Waals surface area contributed by atoms with E-state index in [1.54, 1.807) is 0 Å². The fraction of sp³-hybridized carbons (Fsp3) is 0.684. The zero-order valence-electron chi connectivity index (χ0n) is 13.7. The summed E-state index contributed by atoms with van der Waals surface area (Å²) in [5, 5.41) is 3.72. The van der Waals surface area contributed by atoms with Crippen molar-refractivity contribution < 1.29 is 4.74 Å². The smallest absolute Gasteiger partial charge is 0.119 e. The van der Waals surface area contributed by atoms with Crippen molar-refractivity contribution in [2.75, 3.05) is 6.61 Å². The molecule has 1 aromatic rings. The second-order valence-corrected chi connectivity index (χ2v) is 6.41. The van der Waals surface area contributed by atoms with Gasteiger partial charge in [0.25, 0.3) is 0 Å². The number of nitrogens with one attached hydrogen (secondary N) is 1. The molecule has 0 bridgehead atoms. The van der Waals surface area contributed by atoms with Gasteiger partial charge in [-0.3, -0.25) is 0 Å². The predicted octanol–water partition coefficient (Wildman–Crippen LogP) is 4.92. The van der Waals surface area contributed by atoms with Gasteiger partial charge in [0.05, 0.1) is 6.61 Å². The SMILES string of the molecule is CCCOc1ccc(CN[C@@H](C)C2CCCCCC2)cc1. The minimum atomic E-state index is 0.624. The second kappa shape index (κ2) is 9.09. The molecule has 2 nitrogen and oxygen atoms in total. The molecule has 0 amide bonds. The Kier molecular flexibility index (Phi) is 7.08. The Hall–Kier alpha value is -1.02. The summed E-state index contributed by atoms with van der Waals surface area (Å²) in [7, 11) is 0. The number of hydrogen-bond acceptors (Lipinski definition) is 2. The molecule has 1 saturated carbocycles. The van der Waals surface area contributed by atoms with E-state index in [9.17, 15) is 0 Å². The van der Waals surface area contributed by atoms with Crippen LogP contribution in [0.25, 0.3) is 0 Å². The summed E-state index contributed by atoms with van der Waals surface area (Å²) >= 11 is 0. The van der Waals surface area contributed by atoms with E-state index in [1.165, 1.54) is 44.1 Å². The molecular formula is C19H31NO. The van der Waals surface area contributed by atoms with Crippen LogP contribution in [-0.2, 0) is 6.54 Å². The molecule has 0 aliphatic heterocycles. The van der Waals surface area contributed by atoms with Crippen LogP contribution in [0, 0.1) is 5.92 Å². The zero-order chi connectivity index (χ0) is 14.9. The van der Waals surface area contributed by atoms with E-state index in [-0.39, 0.29) is 0 Å². The molecule has 0 saturated heterocycles. The number of hydrogen-bond donors (Lipinski definition) is 1. The first-order valence-corrected chi connectivity index (χ1v) is 8.74. The summed E-state index contributed by atoms with van der Waals surface area (Å²) in [6, 6.07) is 9.15. The maximum absolute atomic E-state index is 5.62. The highest BCUT2D eigenvalue weighted by molar-refractivity contribution is 5.27. The number of ether oxygens (including phenoxy) is 1. The van der Waals surface area contributed by atoms with Gasteiger partial charge < -0.3 is 10.1 Å². The Bertz CT molecular complexity index is 379. The minimum Gasteiger partial charge on any atom is -0.494 e. The van der Waals surface area contributed by atoms with E-state index in [1.807, 2.05) is 0 Å².